The molecular formula is C18H20O4. The molecule has 0 aromatic carbocycles. The molecular weight excluding hydrogens is 280 g/mol. The van der Waals surface area contributed by atoms with Crippen molar-refractivity contribution in [2.24, 2.45) is 46.3 Å². The smallest absolute Gasteiger partial charge is 0.313 e. The van der Waals surface area contributed by atoms with Crippen molar-refractivity contribution in [1.82, 2.24) is 0 Å². The highest BCUT2D eigenvalue weighted by Gasteiger charge is 2.90. The third-order valence-electron chi connectivity index (χ3n) is 7.49. The Morgan fingerprint density at radius 3 is 1.59 bits per heavy atom. The number of carbonyl (C=O) groups is 2. The summed E-state index contributed by atoms with van der Waals surface area (Å²) in [5.41, 5.74) is -1.38. The maximum absolute atomic E-state index is 12.9. The van der Waals surface area contributed by atoms with E-state index in [2.05, 4.69) is 24.3 Å². The molecule has 0 amide bonds. The van der Waals surface area contributed by atoms with Gasteiger partial charge in [-0.3, -0.25) is 9.59 Å². The van der Waals surface area contributed by atoms with Crippen LogP contribution in [-0.4, -0.2) is 26.2 Å². The van der Waals surface area contributed by atoms with Crippen LogP contribution in [0.5, 0.6) is 0 Å². The highest BCUT2D eigenvalue weighted by atomic mass is 16.5. The van der Waals surface area contributed by atoms with E-state index in [0.29, 0.717) is 11.8 Å². The molecule has 4 heteroatoms. The topological polar surface area (TPSA) is 52.6 Å². The average Bonchev–Trinajstić information content (AvgIpc) is 3.25. The lowest BCUT2D eigenvalue weighted by molar-refractivity contribution is -0.245. The van der Waals surface area contributed by atoms with Crippen LogP contribution in [0.3, 0.4) is 0 Å². The molecule has 8 atom stereocenters. The molecule has 0 heterocycles. The molecule has 0 aromatic heterocycles. The fourth-order valence-corrected chi connectivity index (χ4v) is 7.25. The van der Waals surface area contributed by atoms with E-state index in [9.17, 15) is 9.59 Å². The van der Waals surface area contributed by atoms with Crippen LogP contribution in [0.25, 0.3) is 0 Å². The summed E-state index contributed by atoms with van der Waals surface area (Å²) >= 11 is 0. The van der Waals surface area contributed by atoms with Crippen LogP contribution in [0.4, 0.5) is 0 Å². The van der Waals surface area contributed by atoms with Gasteiger partial charge in [0.2, 0.25) is 0 Å². The van der Waals surface area contributed by atoms with Gasteiger partial charge in [0.25, 0.3) is 0 Å². The minimum Gasteiger partial charge on any atom is -0.469 e. The Morgan fingerprint density at radius 1 is 0.818 bits per heavy atom. The summed E-state index contributed by atoms with van der Waals surface area (Å²) in [6.07, 6.45) is 10.8. The van der Waals surface area contributed by atoms with Crippen molar-refractivity contribution in [3.63, 3.8) is 0 Å². The number of allylic oxidation sites excluding steroid dienone is 4. The molecule has 0 spiro atoms. The van der Waals surface area contributed by atoms with Gasteiger partial charge >= 0.3 is 11.9 Å². The largest absolute Gasteiger partial charge is 0.469 e. The molecule has 5 aliphatic rings. The van der Waals surface area contributed by atoms with Gasteiger partial charge in [0.05, 0.1) is 25.0 Å². The Labute approximate surface area is 129 Å². The number of hydrogen-bond acceptors (Lipinski definition) is 4. The van der Waals surface area contributed by atoms with Crippen molar-refractivity contribution in [3.05, 3.63) is 24.3 Å². The van der Waals surface area contributed by atoms with Gasteiger partial charge in [0, 0.05) is 0 Å². The van der Waals surface area contributed by atoms with E-state index in [1.165, 1.54) is 14.2 Å². The molecule has 5 aliphatic carbocycles. The monoisotopic (exact) mass is 300 g/mol. The normalized spacial score (nSPS) is 54.8. The van der Waals surface area contributed by atoms with Gasteiger partial charge < -0.3 is 9.47 Å². The molecule has 0 aromatic rings. The second-order valence-electron chi connectivity index (χ2n) is 7.55. The van der Waals surface area contributed by atoms with Crippen LogP contribution in [-0.2, 0) is 19.1 Å². The van der Waals surface area contributed by atoms with Crippen molar-refractivity contribution in [2.45, 2.75) is 12.8 Å². The number of rotatable bonds is 2. The fourth-order valence-electron chi connectivity index (χ4n) is 7.25. The Balaban J connectivity index is 1.78. The molecule has 5 rings (SSSR count). The minimum atomic E-state index is -0.691. The van der Waals surface area contributed by atoms with Gasteiger partial charge in [-0.05, 0) is 48.3 Å². The molecule has 3 fully saturated rings. The zero-order valence-corrected chi connectivity index (χ0v) is 12.8. The van der Waals surface area contributed by atoms with Gasteiger partial charge in [0.1, 0.15) is 0 Å². The predicted molar refractivity (Wildman–Crippen MR) is 77.4 cm³/mol. The standard InChI is InChI=1S/C18H20O4/c1-21-15(19)17-11-5-3-9(7-11)13(17)14-10-4-6-12(8-10)18(14,17)16(20)22-2/h3-6,9-14H,7-8H2,1-2H3. The summed E-state index contributed by atoms with van der Waals surface area (Å²) in [4.78, 5) is 25.9. The van der Waals surface area contributed by atoms with Gasteiger partial charge in [-0.15, -0.1) is 0 Å². The van der Waals surface area contributed by atoms with E-state index in [1.54, 1.807) is 0 Å². The summed E-state index contributed by atoms with van der Waals surface area (Å²) in [5, 5.41) is 0. The molecule has 116 valence electrons. The molecule has 0 N–H and O–H groups in total. The molecule has 3 saturated carbocycles. The van der Waals surface area contributed by atoms with Crippen LogP contribution in [0.1, 0.15) is 12.8 Å². The average molecular weight is 300 g/mol. The van der Waals surface area contributed by atoms with Gasteiger partial charge in [-0.1, -0.05) is 24.3 Å². The van der Waals surface area contributed by atoms with E-state index in [4.69, 9.17) is 9.47 Å². The maximum Gasteiger partial charge on any atom is 0.313 e. The Hall–Kier alpha value is -1.58. The Morgan fingerprint density at radius 2 is 1.23 bits per heavy atom. The lowest BCUT2D eigenvalue weighted by atomic mass is 9.33. The lowest BCUT2D eigenvalue weighted by Crippen LogP contribution is -2.75. The second-order valence-corrected chi connectivity index (χ2v) is 7.55. The molecule has 0 radical (unpaired) electrons. The molecule has 0 saturated heterocycles. The molecule has 8 unspecified atom stereocenters. The summed E-state index contributed by atoms with van der Waals surface area (Å²) in [7, 11) is 2.90. The van der Waals surface area contributed by atoms with Crippen LogP contribution in [0.2, 0.25) is 0 Å². The van der Waals surface area contributed by atoms with Crippen LogP contribution in [0.15, 0.2) is 24.3 Å². The summed E-state index contributed by atoms with van der Waals surface area (Å²) < 4.78 is 10.5. The zero-order valence-electron chi connectivity index (χ0n) is 12.8. The molecule has 4 bridgehead atoms. The first-order chi connectivity index (χ1) is 10.6. The number of fused-ring (bicyclic) bond motifs is 12. The summed E-state index contributed by atoms with van der Waals surface area (Å²) in [5.74, 6) is 1.17. The van der Waals surface area contributed by atoms with E-state index in [0.717, 1.165) is 12.8 Å². The fraction of sp³-hybridized carbons (Fsp3) is 0.667. The second kappa shape index (κ2) is 3.66. The zero-order chi connectivity index (χ0) is 15.3. The van der Waals surface area contributed by atoms with Gasteiger partial charge in [-0.25, -0.2) is 0 Å². The van der Waals surface area contributed by atoms with Crippen molar-refractivity contribution in [3.8, 4) is 0 Å². The van der Waals surface area contributed by atoms with E-state index >= 15 is 0 Å². The van der Waals surface area contributed by atoms with E-state index in [1.807, 2.05) is 0 Å². The number of esters is 2. The number of ether oxygens (including phenoxy) is 2. The Bertz CT molecular complexity index is 593. The third kappa shape index (κ3) is 0.933. The highest BCUT2D eigenvalue weighted by Crippen LogP contribution is 2.85. The maximum atomic E-state index is 12.9. The van der Waals surface area contributed by atoms with Gasteiger partial charge in [0.15, 0.2) is 0 Å². The van der Waals surface area contributed by atoms with E-state index < -0.39 is 10.8 Å². The van der Waals surface area contributed by atoms with Crippen molar-refractivity contribution in [1.29, 1.82) is 0 Å². The SMILES string of the molecule is COC(=O)C12C3C=CC(C3)C1C1C3C=CC(C3)C12C(=O)OC. The molecule has 22 heavy (non-hydrogen) atoms. The molecule has 4 nitrogen and oxygen atoms in total. The first-order valence-electron chi connectivity index (χ1n) is 8.17. The van der Waals surface area contributed by atoms with Crippen LogP contribution in [0, 0.1) is 46.3 Å². The number of hydrogen-bond donors (Lipinski definition) is 0. The van der Waals surface area contributed by atoms with Crippen molar-refractivity contribution >= 4 is 11.9 Å². The summed E-state index contributed by atoms with van der Waals surface area (Å²) in [6, 6.07) is 0. The first kappa shape index (κ1) is 12.9. The third-order valence-corrected chi connectivity index (χ3v) is 7.49. The predicted octanol–water partition coefficient (Wildman–Crippen LogP) is 1.96. The molecule has 0 aliphatic heterocycles. The quantitative estimate of drug-likeness (QED) is 0.578. The van der Waals surface area contributed by atoms with Crippen molar-refractivity contribution in [2.75, 3.05) is 14.2 Å². The summed E-state index contributed by atoms with van der Waals surface area (Å²) in [6.45, 7) is 0. The van der Waals surface area contributed by atoms with Crippen LogP contribution >= 0.6 is 0 Å². The van der Waals surface area contributed by atoms with Crippen LogP contribution < -0.4 is 0 Å². The number of methoxy groups -OCH3 is 2. The lowest BCUT2D eigenvalue weighted by Gasteiger charge is -2.67. The highest BCUT2D eigenvalue weighted by molar-refractivity contribution is 5.94. The number of carbonyl (C=O) groups excluding carboxylic acids is 2. The van der Waals surface area contributed by atoms with Crippen molar-refractivity contribution < 1.29 is 19.1 Å². The van der Waals surface area contributed by atoms with Gasteiger partial charge in [-0.2, -0.15) is 0 Å². The Kier molecular flexibility index (Phi) is 2.15. The first-order valence-corrected chi connectivity index (χ1v) is 8.17. The van der Waals surface area contributed by atoms with E-state index in [-0.39, 0.29) is 35.6 Å². The minimum absolute atomic E-state index is 0.123.